The lowest BCUT2D eigenvalue weighted by Crippen LogP contribution is -2.34. The Morgan fingerprint density at radius 3 is 2.17 bits per heavy atom. The highest BCUT2D eigenvalue weighted by Crippen LogP contribution is 2.34. The maximum Gasteiger partial charge on any atom is 0.130 e. The van der Waals surface area contributed by atoms with Gasteiger partial charge in [-0.3, -0.25) is 0 Å². The topological polar surface area (TPSA) is 0 Å². The zero-order valence-corrected chi connectivity index (χ0v) is 17.9. The number of halogens is 2. The standard InChI is InChI=1S/C26H27F2Si/c1-2-5-19-14-16-29(17-15-19)22-12-13-25(26(28)18-22)24-7-4-3-6-23(24)20-8-10-21(27)11-9-20/h3-4,6-13,18-19H,2,5,14-17H2,1H3. The summed E-state index contributed by atoms with van der Waals surface area (Å²) in [4.78, 5) is 0. The van der Waals surface area contributed by atoms with Gasteiger partial charge in [0.15, 0.2) is 0 Å². The van der Waals surface area contributed by atoms with Crippen LogP contribution >= 0.6 is 0 Å². The highest BCUT2D eigenvalue weighted by molar-refractivity contribution is 6.73. The number of hydrogen-bond acceptors (Lipinski definition) is 0. The highest BCUT2D eigenvalue weighted by atomic mass is 28.3. The fraction of sp³-hybridized carbons (Fsp3) is 0.308. The minimum Gasteiger partial charge on any atom is -0.207 e. The number of benzene rings is 3. The second kappa shape index (κ2) is 9.04. The first-order valence-corrected chi connectivity index (χ1v) is 12.6. The predicted molar refractivity (Wildman–Crippen MR) is 120 cm³/mol. The number of rotatable bonds is 5. The third-order valence-electron chi connectivity index (χ3n) is 6.16. The molecule has 29 heavy (non-hydrogen) atoms. The second-order valence-corrected chi connectivity index (χ2v) is 10.9. The Labute approximate surface area is 174 Å². The monoisotopic (exact) mass is 405 g/mol. The summed E-state index contributed by atoms with van der Waals surface area (Å²) in [5, 5.41) is 1.23. The van der Waals surface area contributed by atoms with Gasteiger partial charge in [0.1, 0.15) is 11.6 Å². The second-order valence-electron chi connectivity index (χ2n) is 8.08. The smallest absolute Gasteiger partial charge is 0.130 e. The first-order chi connectivity index (χ1) is 14.2. The van der Waals surface area contributed by atoms with Gasteiger partial charge in [0.05, 0.1) is 8.80 Å². The molecule has 1 aliphatic rings. The average Bonchev–Trinajstić information content (AvgIpc) is 2.75. The van der Waals surface area contributed by atoms with Crippen LogP contribution in [0.2, 0.25) is 12.1 Å². The van der Waals surface area contributed by atoms with Crippen LogP contribution in [0.3, 0.4) is 0 Å². The van der Waals surface area contributed by atoms with E-state index in [1.54, 1.807) is 18.2 Å². The van der Waals surface area contributed by atoms with Crippen molar-refractivity contribution in [2.75, 3.05) is 0 Å². The van der Waals surface area contributed by atoms with E-state index in [0.29, 0.717) is 5.56 Å². The van der Waals surface area contributed by atoms with Crippen LogP contribution in [0.1, 0.15) is 32.6 Å². The summed E-state index contributed by atoms with van der Waals surface area (Å²) in [6, 6.07) is 22.6. The van der Waals surface area contributed by atoms with Crippen molar-refractivity contribution in [3.05, 3.63) is 78.4 Å². The van der Waals surface area contributed by atoms with Gasteiger partial charge in [-0.1, -0.05) is 98.4 Å². The maximum absolute atomic E-state index is 15.2. The zero-order valence-electron chi connectivity index (χ0n) is 16.9. The van der Waals surface area contributed by atoms with Gasteiger partial charge in [-0.2, -0.15) is 0 Å². The van der Waals surface area contributed by atoms with E-state index in [1.807, 2.05) is 30.3 Å². The van der Waals surface area contributed by atoms with Crippen LogP contribution < -0.4 is 5.19 Å². The summed E-state index contributed by atoms with van der Waals surface area (Å²) < 4.78 is 28.5. The van der Waals surface area contributed by atoms with Crippen molar-refractivity contribution in [1.29, 1.82) is 0 Å². The first-order valence-electron chi connectivity index (χ1n) is 10.7. The Kier molecular flexibility index (Phi) is 6.24. The molecule has 0 unspecified atom stereocenters. The first kappa shape index (κ1) is 20.0. The molecule has 0 aromatic heterocycles. The lowest BCUT2D eigenvalue weighted by Gasteiger charge is -2.27. The summed E-state index contributed by atoms with van der Waals surface area (Å²) in [5.41, 5.74) is 3.29. The summed E-state index contributed by atoms with van der Waals surface area (Å²) in [6.07, 6.45) is 5.21. The van der Waals surface area contributed by atoms with Crippen LogP contribution in [0.4, 0.5) is 8.78 Å². The van der Waals surface area contributed by atoms with Gasteiger partial charge in [0.2, 0.25) is 0 Å². The molecule has 1 saturated heterocycles. The fourth-order valence-electron chi connectivity index (χ4n) is 4.56. The third kappa shape index (κ3) is 4.50. The Morgan fingerprint density at radius 2 is 1.52 bits per heavy atom. The molecule has 1 fully saturated rings. The van der Waals surface area contributed by atoms with Crippen molar-refractivity contribution >= 4 is 14.0 Å². The van der Waals surface area contributed by atoms with Crippen LogP contribution in [-0.4, -0.2) is 8.80 Å². The van der Waals surface area contributed by atoms with Crippen LogP contribution in [-0.2, 0) is 0 Å². The molecule has 1 heterocycles. The van der Waals surface area contributed by atoms with E-state index in [0.717, 1.165) is 22.6 Å². The largest absolute Gasteiger partial charge is 0.207 e. The quantitative estimate of drug-likeness (QED) is 0.393. The molecule has 1 radical (unpaired) electrons. The molecular weight excluding hydrogens is 378 g/mol. The minimum atomic E-state index is -0.644. The Balaban J connectivity index is 1.60. The van der Waals surface area contributed by atoms with Gasteiger partial charge >= 0.3 is 0 Å². The summed E-state index contributed by atoms with van der Waals surface area (Å²) in [5.74, 6) is 0.463. The van der Waals surface area contributed by atoms with Crippen molar-refractivity contribution in [2.24, 2.45) is 5.92 Å². The van der Waals surface area contributed by atoms with Crippen molar-refractivity contribution in [1.82, 2.24) is 0 Å². The van der Waals surface area contributed by atoms with E-state index in [2.05, 4.69) is 13.0 Å². The van der Waals surface area contributed by atoms with Gasteiger partial charge in [-0.25, -0.2) is 8.78 Å². The molecular formula is C26H27F2Si. The molecule has 1 aliphatic heterocycles. The highest BCUT2D eigenvalue weighted by Gasteiger charge is 2.24. The van der Waals surface area contributed by atoms with Gasteiger partial charge in [-0.05, 0) is 40.8 Å². The summed E-state index contributed by atoms with van der Waals surface area (Å²) >= 11 is 0. The van der Waals surface area contributed by atoms with E-state index in [9.17, 15) is 4.39 Å². The van der Waals surface area contributed by atoms with Gasteiger partial charge in [0, 0.05) is 5.56 Å². The van der Waals surface area contributed by atoms with E-state index in [4.69, 9.17) is 0 Å². The summed E-state index contributed by atoms with van der Waals surface area (Å²) in [6.45, 7) is 2.26. The predicted octanol–water partition coefficient (Wildman–Crippen LogP) is 7.21. The Morgan fingerprint density at radius 1 is 0.828 bits per heavy atom. The molecule has 0 saturated carbocycles. The SMILES string of the molecule is CCCC1CC[Si](c2ccc(-c3ccccc3-c3ccc(F)cc3)c(F)c2)CC1. The van der Waals surface area contributed by atoms with E-state index < -0.39 is 8.80 Å². The fourth-order valence-corrected chi connectivity index (χ4v) is 7.55. The molecule has 3 aromatic rings. The van der Waals surface area contributed by atoms with Crippen molar-refractivity contribution in [2.45, 2.75) is 44.7 Å². The minimum absolute atomic E-state index is 0.148. The van der Waals surface area contributed by atoms with Crippen LogP contribution in [0, 0.1) is 17.6 Å². The molecule has 0 aliphatic carbocycles. The van der Waals surface area contributed by atoms with Gasteiger partial charge in [-0.15, -0.1) is 0 Å². The lowest BCUT2D eigenvalue weighted by atomic mass is 9.94. The molecule has 0 spiro atoms. The number of hydrogen-bond donors (Lipinski definition) is 0. The Hall–Kier alpha value is -2.26. The van der Waals surface area contributed by atoms with E-state index >= 15 is 4.39 Å². The molecule has 3 aromatic carbocycles. The molecule has 3 heteroatoms. The van der Waals surface area contributed by atoms with Crippen LogP contribution in [0.25, 0.3) is 22.3 Å². The average molecular weight is 406 g/mol. The molecule has 0 amide bonds. The van der Waals surface area contributed by atoms with Crippen molar-refractivity contribution in [3.63, 3.8) is 0 Å². The maximum atomic E-state index is 15.2. The molecule has 0 N–H and O–H groups in total. The third-order valence-corrected chi connectivity index (χ3v) is 9.07. The van der Waals surface area contributed by atoms with Gasteiger partial charge < -0.3 is 0 Å². The molecule has 149 valence electrons. The molecule has 0 atom stereocenters. The van der Waals surface area contributed by atoms with Crippen LogP contribution in [0.15, 0.2) is 66.7 Å². The van der Waals surface area contributed by atoms with Crippen LogP contribution in [0.5, 0.6) is 0 Å². The van der Waals surface area contributed by atoms with Crippen molar-refractivity contribution < 1.29 is 8.78 Å². The van der Waals surface area contributed by atoms with Crippen molar-refractivity contribution in [3.8, 4) is 22.3 Å². The van der Waals surface area contributed by atoms with E-state index in [1.165, 1.54) is 55.1 Å². The molecule has 4 rings (SSSR count). The Bertz CT molecular complexity index is 957. The summed E-state index contributed by atoms with van der Waals surface area (Å²) in [7, 11) is -0.644. The normalized spacial score (nSPS) is 15.6. The molecule has 0 bridgehead atoms. The zero-order chi connectivity index (χ0) is 20.2. The molecule has 0 nitrogen and oxygen atoms in total. The van der Waals surface area contributed by atoms with E-state index in [-0.39, 0.29) is 11.6 Å². The lowest BCUT2D eigenvalue weighted by molar-refractivity contribution is 0.434. The van der Waals surface area contributed by atoms with Gasteiger partial charge in [0.25, 0.3) is 0 Å².